The number of nitrogens with one attached hydrogen (secondary N) is 3. The summed E-state index contributed by atoms with van der Waals surface area (Å²) < 4.78 is 66.3. The molecule has 0 radical (unpaired) electrons. The second-order valence-electron chi connectivity index (χ2n) is 8.04. The topological polar surface area (TPSA) is 96.0 Å². The van der Waals surface area contributed by atoms with Gasteiger partial charge in [-0.05, 0) is 68.4 Å². The molecule has 7 nitrogen and oxygen atoms in total. The summed E-state index contributed by atoms with van der Waals surface area (Å²) in [5.74, 6) is 0.932. The molecule has 0 aliphatic rings. The molecular weight excluding hydrogens is 491 g/mol. The minimum atomic E-state index is -4.65. The number of alkyl halides is 3. The Balaban J connectivity index is 1.46. The van der Waals surface area contributed by atoms with E-state index < -0.39 is 26.7 Å². The van der Waals surface area contributed by atoms with E-state index in [1.165, 1.54) is 12.1 Å². The van der Waals surface area contributed by atoms with Gasteiger partial charge in [0, 0.05) is 28.8 Å². The Morgan fingerprint density at radius 1 is 0.750 bits per heavy atom. The van der Waals surface area contributed by atoms with E-state index in [-0.39, 0.29) is 5.69 Å². The summed E-state index contributed by atoms with van der Waals surface area (Å²) in [6.07, 6.45) is -4.65. The molecule has 4 aromatic rings. The Morgan fingerprint density at radius 2 is 1.36 bits per heavy atom. The van der Waals surface area contributed by atoms with Crippen LogP contribution in [0.1, 0.15) is 16.8 Å². The van der Waals surface area contributed by atoms with E-state index in [2.05, 4.69) is 25.3 Å². The first kappa shape index (κ1) is 25.0. The van der Waals surface area contributed by atoms with Crippen LogP contribution >= 0.6 is 0 Å². The van der Waals surface area contributed by atoms with Crippen molar-refractivity contribution in [3.05, 3.63) is 95.7 Å². The molecule has 4 rings (SSSR count). The van der Waals surface area contributed by atoms with Gasteiger partial charge in [-0.1, -0.05) is 23.8 Å². The Kier molecular flexibility index (Phi) is 6.84. The van der Waals surface area contributed by atoms with Crippen molar-refractivity contribution in [1.29, 1.82) is 0 Å². The van der Waals surface area contributed by atoms with Crippen LogP contribution in [-0.4, -0.2) is 18.4 Å². The molecule has 0 amide bonds. The first-order chi connectivity index (χ1) is 17.0. The number of rotatable bonds is 7. The maximum atomic E-state index is 12.9. The lowest BCUT2D eigenvalue weighted by atomic mass is 10.2. The molecule has 0 saturated carbocycles. The second-order valence-corrected chi connectivity index (χ2v) is 9.73. The number of anilines is 5. The van der Waals surface area contributed by atoms with Crippen molar-refractivity contribution in [3.8, 4) is 0 Å². The number of halogens is 3. The maximum Gasteiger partial charge on any atom is 0.416 e. The van der Waals surface area contributed by atoms with Gasteiger partial charge in [-0.2, -0.15) is 18.2 Å². The smallest absolute Gasteiger partial charge is 0.340 e. The fraction of sp³-hybridized carbons (Fsp3) is 0.120. The zero-order chi connectivity index (χ0) is 25.9. The molecule has 0 aliphatic heterocycles. The standard InChI is InChI=1S/C25H22F3N5O2S/c1-16-6-8-19(9-7-16)30-23-14-17(2)29-24(32-23)31-20-10-12-21(13-11-20)33-36(34,35)22-5-3-4-18(15-22)25(26,27)28/h3-15,33H,1-2H3,(H2,29,30,31,32). The number of aromatic nitrogens is 2. The molecule has 3 aromatic carbocycles. The normalized spacial score (nSPS) is 11.7. The van der Waals surface area contributed by atoms with Crippen LogP contribution < -0.4 is 15.4 Å². The molecular formula is C25H22F3N5O2S. The lowest BCUT2D eigenvalue weighted by molar-refractivity contribution is -0.137. The highest BCUT2D eigenvalue weighted by Crippen LogP contribution is 2.31. The van der Waals surface area contributed by atoms with Gasteiger partial charge in [0.25, 0.3) is 10.0 Å². The Bertz CT molecular complexity index is 1470. The fourth-order valence-corrected chi connectivity index (χ4v) is 4.38. The third-order valence-electron chi connectivity index (χ3n) is 5.04. The molecule has 0 unspecified atom stereocenters. The summed E-state index contributed by atoms with van der Waals surface area (Å²) in [6.45, 7) is 3.83. The predicted molar refractivity (Wildman–Crippen MR) is 133 cm³/mol. The van der Waals surface area contributed by atoms with E-state index in [4.69, 9.17) is 0 Å². The van der Waals surface area contributed by atoms with Crippen molar-refractivity contribution in [2.75, 3.05) is 15.4 Å². The van der Waals surface area contributed by atoms with E-state index in [9.17, 15) is 21.6 Å². The molecule has 1 aromatic heterocycles. The van der Waals surface area contributed by atoms with E-state index in [1.54, 1.807) is 18.2 Å². The summed E-state index contributed by atoms with van der Waals surface area (Å²) in [4.78, 5) is 8.34. The SMILES string of the molecule is Cc1ccc(Nc2cc(C)nc(Nc3ccc(NS(=O)(=O)c4cccc(C(F)(F)F)c4)cc3)n2)cc1. The minimum absolute atomic E-state index is 0.185. The molecule has 0 fully saturated rings. The lowest BCUT2D eigenvalue weighted by Crippen LogP contribution is -2.14. The summed E-state index contributed by atoms with van der Waals surface area (Å²) in [6, 6.07) is 19.4. The third kappa shape index (κ3) is 6.30. The zero-order valence-electron chi connectivity index (χ0n) is 19.3. The van der Waals surface area contributed by atoms with Crippen molar-refractivity contribution in [1.82, 2.24) is 9.97 Å². The first-order valence-electron chi connectivity index (χ1n) is 10.7. The number of benzene rings is 3. The largest absolute Gasteiger partial charge is 0.416 e. The quantitative estimate of drug-likeness (QED) is 0.265. The van der Waals surface area contributed by atoms with Crippen molar-refractivity contribution in [2.24, 2.45) is 0 Å². The second kappa shape index (κ2) is 9.86. The highest BCUT2D eigenvalue weighted by Gasteiger charge is 2.31. The predicted octanol–water partition coefficient (Wildman–Crippen LogP) is 6.40. The molecule has 0 aliphatic carbocycles. The Morgan fingerprint density at radius 3 is 2.03 bits per heavy atom. The van der Waals surface area contributed by atoms with Crippen LogP contribution in [0.3, 0.4) is 0 Å². The highest BCUT2D eigenvalue weighted by molar-refractivity contribution is 7.92. The van der Waals surface area contributed by atoms with E-state index >= 15 is 0 Å². The van der Waals surface area contributed by atoms with Crippen molar-refractivity contribution < 1.29 is 21.6 Å². The van der Waals surface area contributed by atoms with E-state index in [0.717, 1.165) is 35.1 Å². The van der Waals surface area contributed by atoms with Gasteiger partial charge in [0.2, 0.25) is 5.95 Å². The van der Waals surface area contributed by atoms with Crippen LogP contribution in [0.5, 0.6) is 0 Å². The van der Waals surface area contributed by atoms with Crippen LogP contribution in [-0.2, 0) is 16.2 Å². The zero-order valence-corrected chi connectivity index (χ0v) is 20.1. The molecule has 36 heavy (non-hydrogen) atoms. The van der Waals surface area contributed by atoms with Gasteiger partial charge < -0.3 is 10.6 Å². The number of hydrogen-bond donors (Lipinski definition) is 3. The average molecular weight is 514 g/mol. The average Bonchev–Trinajstić information content (AvgIpc) is 2.81. The molecule has 186 valence electrons. The van der Waals surface area contributed by atoms with Crippen molar-refractivity contribution in [2.45, 2.75) is 24.9 Å². The van der Waals surface area contributed by atoms with Crippen molar-refractivity contribution >= 4 is 38.9 Å². The van der Waals surface area contributed by atoms with E-state index in [0.29, 0.717) is 23.5 Å². The molecule has 0 bridgehead atoms. The van der Waals surface area contributed by atoms with Crippen molar-refractivity contribution in [3.63, 3.8) is 0 Å². The van der Waals surface area contributed by atoms with Gasteiger partial charge >= 0.3 is 6.18 Å². The molecule has 11 heteroatoms. The van der Waals surface area contributed by atoms with Gasteiger partial charge in [0.05, 0.1) is 10.5 Å². The van der Waals surface area contributed by atoms with Gasteiger partial charge in [0.1, 0.15) is 5.82 Å². The van der Waals surface area contributed by atoms with Crippen LogP contribution in [0.2, 0.25) is 0 Å². The van der Waals surface area contributed by atoms with Crippen LogP contribution in [0.4, 0.5) is 42.0 Å². The van der Waals surface area contributed by atoms with Gasteiger partial charge in [-0.25, -0.2) is 13.4 Å². The van der Waals surface area contributed by atoms with E-state index in [1.807, 2.05) is 38.1 Å². The summed E-state index contributed by atoms with van der Waals surface area (Å²) in [5.41, 5.74) is 2.48. The van der Waals surface area contributed by atoms with Gasteiger partial charge in [-0.15, -0.1) is 0 Å². The molecule has 0 atom stereocenters. The Hall–Kier alpha value is -4.12. The van der Waals surface area contributed by atoms with Crippen LogP contribution in [0, 0.1) is 13.8 Å². The molecule has 0 saturated heterocycles. The number of sulfonamides is 1. The number of hydrogen-bond acceptors (Lipinski definition) is 6. The van der Waals surface area contributed by atoms with Crippen LogP contribution in [0.15, 0.2) is 83.8 Å². The molecule has 0 spiro atoms. The monoisotopic (exact) mass is 513 g/mol. The first-order valence-corrected chi connectivity index (χ1v) is 12.2. The Labute approximate surface area is 206 Å². The summed E-state index contributed by atoms with van der Waals surface area (Å²) in [7, 11) is -4.21. The summed E-state index contributed by atoms with van der Waals surface area (Å²) >= 11 is 0. The minimum Gasteiger partial charge on any atom is -0.340 e. The third-order valence-corrected chi connectivity index (χ3v) is 6.42. The molecule has 1 heterocycles. The highest BCUT2D eigenvalue weighted by atomic mass is 32.2. The summed E-state index contributed by atoms with van der Waals surface area (Å²) in [5, 5.41) is 6.28. The molecule has 3 N–H and O–H groups in total. The number of nitrogens with zero attached hydrogens (tertiary/aromatic N) is 2. The fourth-order valence-electron chi connectivity index (χ4n) is 3.28. The van der Waals surface area contributed by atoms with Gasteiger partial charge in [-0.3, -0.25) is 4.72 Å². The number of aryl methyl sites for hydroxylation is 2. The lowest BCUT2D eigenvalue weighted by Gasteiger charge is -2.12. The maximum absolute atomic E-state index is 12.9. The van der Waals surface area contributed by atoms with Gasteiger partial charge in [0.15, 0.2) is 0 Å². The van der Waals surface area contributed by atoms with Crippen LogP contribution in [0.25, 0.3) is 0 Å².